The second-order valence-electron chi connectivity index (χ2n) is 3.99. The van der Waals surface area contributed by atoms with Gasteiger partial charge in [-0.05, 0) is 12.0 Å². The Bertz CT molecular complexity index is 369. The van der Waals surface area contributed by atoms with Crippen molar-refractivity contribution in [3.63, 3.8) is 0 Å². The van der Waals surface area contributed by atoms with Gasteiger partial charge in [-0.2, -0.15) is 5.10 Å². The molecule has 0 aliphatic heterocycles. The second kappa shape index (κ2) is 6.80. The fourth-order valence-electron chi connectivity index (χ4n) is 1.20. The molecule has 1 rings (SSSR count). The van der Waals surface area contributed by atoms with E-state index in [1.807, 2.05) is 0 Å². The molecule has 0 radical (unpaired) electrons. The highest BCUT2D eigenvalue weighted by molar-refractivity contribution is 5.92. The predicted molar refractivity (Wildman–Crippen MR) is 63.1 cm³/mol. The highest BCUT2D eigenvalue weighted by atomic mass is 16.5. The van der Waals surface area contributed by atoms with E-state index in [-0.39, 0.29) is 11.4 Å². The van der Waals surface area contributed by atoms with Gasteiger partial charge < -0.3 is 15.2 Å². The smallest absolute Gasteiger partial charge is 0.339 e. The Balaban J connectivity index is 2.39. The number of rotatable bonds is 7. The number of ether oxygens (including phenoxy) is 1. The van der Waals surface area contributed by atoms with Crippen LogP contribution in [-0.4, -0.2) is 41.0 Å². The lowest BCUT2D eigenvalue weighted by molar-refractivity contribution is 0.0697. The van der Waals surface area contributed by atoms with Crippen molar-refractivity contribution in [1.82, 2.24) is 10.2 Å². The number of hydrogen-bond acceptors (Lipinski definition) is 5. The molecule has 0 fully saturated rings. The van der Waals surface area contributed by atoms with E-state index in [1.165, 1.54) is 12.3 Å². The third-order valence-electron chi connectivity index (χ3n) is 1.94. The molecule has 17 heavy (non-hydrogen) atoms. The van der Waals surface area contributed by atoms with Crippen LogP contribution in [0.2, 0.25) is 0 Å². The minimum Gasteiger partial charge on any atom is -0.478 e. The molecular formula is C11H17N3O3. The van der Waals surface area contributed by atoms with Crippen LogP contribution in [0.4, 0.5) is 5.82 Å². The largest absolute Gasteiger partial charge is 0.478 e. The molecule has 94 valence electrons. The van der Waals surface area contributed by atoms with Gasteiger partial charge in [-0.1, -0.05) is 13.8 Å². The van der Waals surface area contributed by atoms with Gasteiger partial charge in [-0.15, -0.1) is 5.10 Å². The van der Waals surface area contributed by atoms with Crippen LogP contribution in [0.15, 0.2) is 12.3 Å². The number of aromatic nitrogens is 2. The Hall–Kier alpha value is -1.69. The molecule has 0 aliphatic rings. The number of aromatic carboxylic acids is 1. The van der Waals surface area contributed by atoms with Gasteiger partial charge in [-0.3, -0.25) is 0 Å². The van der Waals surface area contributed by atoms with E-state index in [0.717, 1.165) is 0 Å². The van der Waals surface area contributed by atoms with Gasteiger partial charge in [0.05, 0.1) is 12.8 Å². The standard InChI is InChI=1S/C11H17N3O3/c1-8(2)7-17-6-5-12-10-9(11(15)16)3-4-13-14-10/h3-4,8H,5-7H2,1-2H3,(H,12,14)(H,15,16). The zero-order valence-electron chi connectivity index (χ0n) is 10.0. The van der Waals surface area contributed by atoms with Crippen LogP contribution in [-0.2, 0) is 4.74 Å². The molecule has 0 bridgehead atoms. The normalized spacial score (nSPS) is 10.5. The SMILES string of the molecule is CC(C)COCCNc1nnccc1C(=O)O. The number of carboxylic acids is 1. The Morgan fingerprint density at radius 1 is 1.59 bits per heavy atom. The van der Waals surface area contributed by atoms with Crippen LogP contribution in [0.3, 0.4) is 0 Å². The molecule has 6 nitrogen and oxygen atoms in total. The monoisotopic (exact) mass is 239 g/mol. The maximum absolute atomic E-state index is 10.9. The Kier molecular flexibility index (Phi) is 5.35. The Labute approximate surface area is 100 Å². The summed E-state index contributed by atoms with van der Waals surface area (Å²) in [4.78, 5) is 10.9. The zero-order chi connectivity index (χ0) is 12.7. The van der Waals surface area contributed by atoms with Crippen molar-refractivity contribution in [2.24, 2.45) is 5.92 Å². The Morgan fingerprint density at radius 2 is 2.35 bits per heavy atom. The summed E-state index contributed by atoms with van der Waals surface area (Å²) in [6, 6.07) is 1.41. The van der Waals surface area contributed by atoms with Crippen LogP contribution in [0.25, 0.3) is 0 Å². The zero-order valence-corrected chi connectivity index (χ0v) is 10.0. The fourth-order valence-corrected chi connectivity index (χ4v) is 1.20. The summed E-state index contributed by atoms with van der Waals surface area (Å²) in [5, 5.41) is 19.2. The Morgan fingerprint density at radius 3 is 3.00 bits per heavy atom. The lowest BCUT2D eigenvalue weighted by Crippen LogP contribution is -2.15. The van der Waals surface area contributed by atoms with Crippen molar-refractivity contribution < 1.29 is 14.6 Å². The van der Waals surface area contributed by atoms with E-state index in [9.17, 15) is 4.79 Å². The molecule has 0 unspecified atom stereocenters. The fraction of sp³-hybridized carbons (Fsp3) is 0.545. The van der Waals surface area contributed by atoms with Crippen LogP contribution in [0, 0.1) is 5.92 Å². The molecule has 0 spiro atoms. The molecule has 0 saturated carbocycles. The summed E-state index contributed by atoms with van der Waals surface area (Å²) in [6.45, 7) is 5.84. The molecule has 1 heterocycles. The van der Waals surface area contributed by atoms with Gasteiger partial charge in [0.15, 0.2) is 5.82 Å². The van der Waals surface area contributed by atoms with Crippen LogP contribution >= 0.6 is 0 Å². The highest BCUT2D eigenvalue weighted by Gasteiger charge is 2.10. The minimum absolute atomic E-state index is 0.115. The van der Waals surface area contributed by atoms with Gasteiger partial charge >= 0.3 is 5.97 Å². The van der Waals surface area contributed by atoms with Gasteiger partial charge in [0.25, 0.3) is 0 Å². The topological polar surface area (TPSA) is 84.3 Å². The summed E-state index contributed by atoms with van der Waals surface area (Å²) in [5.41, 5.74) is 0.115. The van der Waals surface area contributed by atoms with Gasteiger partial charge in [0.1, 0.15) is 5.56 Å². The molecule has 1 aromatic heterocycles. The van der Waals surface area contributed by atoms with E-state index in [2.05, 4.69) is 29.4 Å². The van der Waals surface area contributed by atoms with Gasteiger partial charge in [0, 0.05) is 13.2 Å². The molecule has 2 N–H and O–H groups in total. The number of anilines is 1. The molecule has 0 aliphatic carbocycles. The third kappa shape index (κ3) is 4.78. The van der Waals surface area contributed by atoms with Gasteiger partial charge in [0.2, 0.25) is 0 Å². The summed E-state index contributed by atoms with van der Waals surface area (Å²) >= 11 is 0. The number of carboxylic acid groups (broad SMARTS) is 1. The molecule has 1 aromatic rings. The first kappa shape index (κ1) is 13.4. The van der Waals surface area contributed by atoms with E-state index < -0.39 is 5.97 Å². The van der Waals surface area contributed by atoms with Crippen LogP contribution in [0.5, 0.6) is 0 Å². The average Bonchev–Trinajstić information content (AvgIpc) is 2.28. The second-order valence-corrected chi connectivity index (χ2v) is 3.99. The maximum Gasteiger partial charge on any atom is 0.339 e. The number of hydrogen-bond donors (Lipinski definition) is 2. The number of nitrogens with zero attached hydrogens (tertiary/aromatic N) is 2. The van der Waals surface area contributed by atoms with E-state index in [1.54, 1.807) is 0 Å². The molecule has 0 amide bonds. The quantitative estimate of drug-likeness (QED) is 0.697. The van der Waals surface area contributed by atoms with E-state index >= 15 is 0 Å². The lowest BCUT2D eigenvalue weighted by atomic mass is 10.2. The average molecular weight is 239 g/mol. The van der Waals surface area contributed by atoms with Crippen molar-refractivity contribution >= 4 is 11.8 Å². The van der Waals surface area contributed by atoms with Crippen molar-refractivity contribution in [3.05, 3.63) is 17.8 Å². The lowest BCUT2D eigenvalue weighted by Gasteiger charge is -2.09. The van der Waals surface area contributed by atoms with Crippen molar-refractivity contribution in [2.75, 3.05) is 25.1 Å². The summed E-state index contributed by atoms with van der Waals surface area (Å²) in [5.74, 6) is -0.264. The molecule has 0 saturated heterocycles. The van der Waals surface area contributed by atoms with Crippen LogP contribution < -0.4 is 5.32 Å². The van der Waals surface area contributed by atoms with E-state index in [0.29, 0.717) is 25.7 Å². The van der Waals surface area contributed by atoms with Crippen LogP contribution in [0.1, 0.15) is 24.2 Å². The minimum atomic E-state index is -1.02. The van der Waals surface area contributed by atoms with E-state index in [4.69, 9.17) is 9.84 Å². The molecule has 6 heteroatoms. The third-order valence-corrected chi connectivity index (χ3v) is 1.94. The predicted octanol–water partition coefficient (Wildman–Crippen LogP) is 1.26. The molecular weight excluding hydrogens is 222 g/mol. The number of nitrogens with one attached hydrogen (secondary N) is 1. The first-order valence-corrected chi connectivity index (χ1v) is 5.48. The first-order chi connectivity index (χ1) is 8.11. The summed E-state index contributed by atoms with van der Waals surface area (Å²) in [7, 11) is 0. The maximum atomic E-state index is 10.9. The summed E-state index contributed by atoms with van der Waals surface area (Å²) < 4.78 is 5.36. The molecule has 0 aromatic carbocycles. The van der Waals surface area contributed by atoms with Crippen molar-refractivity contribution in [3.8, 4) is 0 Å². The summed E-state index contributed by atoms with van der Waals surface area (Å²) in [6.07, 6.45) is 1.35. The van der Waals surface area contributed by atoms with Gasteiger partial charge in [-0.25, -0.2) is 4.79 Å². The first-order valence-electron chi connectivity index (χ1n) is 5.48. The highest BCUT2D eigenvalue weighted by Crippen LogP contribution is 2.09. The molecule has 0 atom stereocenters. The van der Waals surface area contributed by atoms with Crippen molar-refractivity contribution in [2.45, 2.75) is 13.8 Å². The van der Waals surface area contributed by atoms with Crippen molar-refractivity contribution in [1.29, 1.82) is 0 Å². The number of carbonyl (C=O) groups is 1.